The van der Waals surface area contributed by atoms with Crippen LogP contribution < -0.4 is 23.3 Å². The lowest BCUT2D eigenvalue weighted by Gasteiger charge is -2.03. The normalized spacial score (nSPS) is 11.4. The van der Waals surface area contributed by atoms with Gasteiger partial charge in [-0.3, -0.25) is 0 Å². The van der Waals surface area contributed by atoms with E-state index in [1.165, 1.54) is 24.3 Å². The van der Waals surface area contributed by atoms with E-state index in [1.54, 1.807) is 12.1 Å². The van der Waals surface area contributed by atoms with Gasteiger partial charge in [0.25, 0.3) is 0 Å². The summed E-state index contributed by atoms with van der Waals surface area (Å²) in [6, 6.07) is 9.40. The lowest BCUT2D eigenvalue weighted by molar-refractivity contribution is 0.280. The van der Waals surface area contributed by atoms with E-state index in [0.717, 1.165) is 0 Å². The predicted octanol–water partition coefficient (Wildman–Crippen LogP) is 2.42. The standard InChI is InChI=1S/C18H6O10/c19-15-23-11-3-7-1-8-4-12-14(26-18(22)28-16(20)24-12)6-10(8)2-9(7)5-13(11)25-17(21)27-15/h1-6H. The molecule has 0 aliphatic carbocycles. The van der Waals surface area contributed by atoms with Crippen LogP contribution in [0.15, 0.2) is 82.1 Å². The molecule has 5 rings (SSSR count). The van der Waals surface area contributed by atoms with E-state index in [4.69, 9.17) is 17.7 Å². The highest BCUT2D eigenvalue weighted by atomic mass is 16.6. The molecule has 0 spiro atoms. The molecule has 0 bridgehead atoms. The molecule has 0 radical (unpaired) electrons. The van der Waals surface area contributed by atoms with Gasteiger partial charge in [-0.2, -0.15) is 0 Å². The van der Waals surface area contributed by atoms with Gasteiger partial charge in [0.05, 0.1) is 0 Å². The Bertz CT molecular complexity index is 1450. The zero-order chi connectivity index (χ0) is 19.4. The molecule has 0 atom stereocenters. The van der Waals surface area contributed by atoms with Crippen molar-refractivity contribution in [3.8, 4) is 0 Å². The van der Waals surface area contributed by atoms with E-state index in [9.17, 15) is 19.2 Å². The molecular weight excluding hydrogens is 376 g/mol. The summed E-state index contributed by atoms with van der Waals surface area (Å²) in [6.45, 7) is 0. The van der Waals surface area contributed by atoms with Crippen LogP contribution in [0.25, 0.3) is 43.9 Å². The van der Waals surface area contributed by atoms with Crippen LogP contribution in [0, 0.1) is 0 Å². The van der Waals surface area contributed by atoms with Crippen molar-refractivity contribution in [3.63, 3.8) is 0 Å². The molecule has 0 aliphatic rings. The van der Waals surface area contributed by atoms with Gasteiger partial charge in [0.15, 0.2) is 22.3 Å². The Labute approximate surface area is 150 Å². The topological polar surface area (TPSA) is 147 Å². The van der Waals surface area contributed by atoms with Gasteiger partial charge in [-0.05, 0) is 57.9 Å². The average molecular weight is 382 g/mol. The first kappa shape index (κ1) is 15.9. The summed E-state index contributed by atoms with van der Waals surface area (Å²) < 4.78 is 28.3. The predicted molar refractivity (Wildman–Crippen MR) is 92.8 cm³/mol. The summed E-state index contributed by atoms with van der Waals surface area (Å²) in [5.41, 5.74) is 0.0230. The van der Waals surface area contributed by atoms with Crippen LogP contribution in [-0.2, 0) is 0 Å². The van der Waals surface area contributed by atoms with Crippen LogP contribution in [-0.4, -0.2) is 0 Å². The SMILES string of the molecule is O=c1oc(=O)oc2cc3cc4cc5oc(=O)oc(=O)oc5cc4cc3cc2o1. The highest BCUT2D eigenvalue weighted by Crippen LogP contribution is 2.28. The number of fused-ring (bicyclic) bond motifs is 4. The Morgan fingerprint density at radius 1 is 0.357 bits per heavy atom. The quantitative estimate of drug-likeness (QED) is 0.366. The molecule has 0 fully saturated rings. The lowest BCUT2D eigenvalue weighted by Crippen LogP contribution is -2.01. The minimum atomic E-state index is -1.21. The van der Waals surface area contributed by atoms with Gasteiger partial charge in [-0.25, -0.2) is 19.2 Å². The molecule has 0 unspecified atom stereocenters. The van der Waals surface area contributed by atoms with Gasteiger partial charge in [-0.15, -0.1) is 0 Å². The minimum Gasteiger partial charge on any atom is -0.391 e. The maximum absolute atomic E-state index is 11.4. The summed E-state index contributed by atoms with van der Waals surface area (Å²) in [7, 11) is 0. The first-order chi connectivity index (χ1) is 13.4. The average Bonchev–Trinajstić information content (AvgIpc) is 2.83. The Balaban J connectivity index is 1.93. The second kappa shape index (κ2) is 5.58. The van der Waals surface area contributed by atoms with E-state index < -0.39 is 23.3 Å². The van der Waals surface area contributed by atoms with Crippen LogP contribution in [0.3, 0.4) is 0 Å². The number of hydrogen-bond acceptors (Lipinski definition) is 10. The lowest BCUT2D eigenvalue weighted by atomic mass is 10.0. The highest BCUT2D eigenvalue weighted by molar-refractivity contribution is 6.05. The van der Waals surface area contributed by atoms with Gasteiger partial charge in [0, 0.05) is 0 Å². The van der Waals surface area contributed by atoms with Crippen molar-refractivity contribution >= 4 is 43.9 Å². The van der Waals surface area contributed by atoms with Crippen LogP contribution in [0.2, 0.25) is 0 Å². The summed E-state index contributed by atoms with van der Waals surface area (Å²) in [6.07, 6.45) is 0. The van der Waals surface area contributed by atoms with Gasteiger partial charge >= 0.3 is 23.3 Å². The Kier molecular flexibility index (Phi) is 3.16. The smallest absolute Gasteiger partial charge is 0.391 e. The number of benzene rings is 3. The fourth-order valence-electron chi connectivity index (χ4n) is 2.92. The van der Waals surface area contributed by atoms with Crippen LogP contribution in [0.4, 0.5) is 0 Å². The molecule has 138 valence electrons. The number of hydrogen-bond donors (Lipinski definition) is 0. The van der Waals surface area contributed by atoms with E-state index >= 15 is 0 Å². The van der Waals surface area contributed by atoms with Crippen molar-refractivity contribution in [3.05, 3.63) is 78.9 Å². The molecule has 10 nitrogen and oxygen atoms in total. The molecule has 2 aromatic heterocycles. The van der Waals surface area contributed by atoms with E-state index in [-0.39, 0.29) is 22.3 Å². The van der Waals surface area contributed by atoms with Crippen molar-refractivity contribution in [2.45, 2.75) is 0 Å². The van der Waals surface area contributed by atoms with Gasteiger partial charge < -0.3 is 26.5 Å². The van der Waals surface area contributed by atoms with Gasteiger partial charge in [0.1, 0.15) is 0 Å². The monoisotopic (exact) mass is 382 g/mol. The zero-order valence-corrected chi connectivity index (χ0v) is 13.5. The third-order valence-corrected chi connectivity index (χ3v) is 4.03. The van der Waals surface area contributed by atoms with E-state index in [1.807, 2.05) is 0 Å². The van der Waals surface area contributed by atoms with Gasteiger partial charge in [-0.1, -0.05) is 0 Å². The molecule has 0 saturated carbocycles. The molecule has 2 heterocycles. The van der Waals surface area contributed by atoms with Crippen LogP contribution in [0.1, 0.15) is 0 Å². The summed E-state index contributed by atoms with van der Waals surface area (Å²) in [5, 5.41) is 2.52. The van der Waals surface area contributed by atoms with Gasteiger partial charge in [0.2, 0.25) is 0 Å². The van der Waals surface area contributed by atoms with Crippen molar-refractivity contribution in [1.82, 2.24) is 0 Å². The van der Waals surface area contributed by atoms with Crippen molar-refractivity contribution < 1.29 is 26.5 Å². The van der Waals surface area contributed by atoms with Crippen LogP contribution in [0.5, 0.6) is 0 Å². The maximum Gasteiger partial charge on any atom is 0.524 e. The molecule has 0 aliphatic heterocycles. The molecular formula is C18H6O10. The first-order valence-corrected chi connectivity index (χ1v) is 7.73. The van der Waals surface area contributed by atoms with Crippen molar-refractivity contribution in [1.29, 1.82) is 0 Å². The summed E-state index contributed by atoms with van der Waals surface area (Å²) in [5.74, 6) is -4.82. The van der Waals surface area contributed by atoms with Crippen molar-refractivity contribution in [2.24, 2.45) is 0 Å². The second-order valence-electron chi connectivity index (χ2n) is 5.76. The minimum absolute atomic E-state index is 0.00576. The largest absolute Gasteiger partial charge is 0.524 e. The van der Waals surface area contributed by atoms with Crippen molar-refractivity contribution in [2.75, 3.05) is 0 Å². The molecule has 28 heavy (non-hydrogen) atoms. The number of rotatable bonds is 0. The second-order valence-corrected chi connectivity index (χ2v) is 5.76. The molecule has 0 N–H and O–H groups in total. The van der Waals surface area contributed by atoms with E-state index in [2.05, 4.69) is 8.83 Å². The molecule has 10 heteroatoms. The zero-order valence-electron chi connectivity index (χ0n) is 13.5. The Hall–Kier alpha value is -4.34. The Morgan fingerprint density at radius 3 is 0.857 bits per heavy atom. The third kappa shape index (κ3) is 2.60. The fourth-order valence-corrected chi connectivity index (χ4v) is 2.92. The maximum atomic E-state index is 11.4. The summed E-state index contributed by atoms with van der Waals surface area (Å²) in [4.78, 5) is 45.6. The van der Waals surface area contributed by atoms with Crippen LogP contribution >= 0.6 is 0 Å². The van der Waals surface area contributed by atoms with E-state index in [0.29, 0.717) is 21.5 Å². The first-order valence-electron chi connectivity index (χ1n) is 7.73. The third-order valence-electron chi connectivity index (χ3n) is 4.03. The highest BCUT2D eigenvalue weighted by Gasteiger charge is 2.09. The molecule has 3 aromatic carbocycles. The molecule has 0 amide bonds. The summed E-state index contributed by atoms with van der Waals surface area (Å²) >= 11 is 0. The fraction of sp³-hybridized carbons (Fsp3) is 0. The Morgan fingerprint density at radius 2 is 0.607 bits per heavy atom. The molecule has 0 saturated heterocycles. The molecule has 5 aromatic rings.